The summed E-state index contributed by atoms with van der Waals surface area (Å²) in [4.78, 5) is 1.03. The molecule has 0 amide bonds. The minimum Gasteiger partial charge on any atom is -0.493 e. The number of nitrogens with zero attached hydrogens (tertiary/aromatic N) is 2. The molecule has 0 aliphatic heterocycles. The molecule has 1 unspecified atom stereocenters. The van der Waals surface area contributed by atoms with Crippen LogP contribution in [0.4, 0.5) is 0 Å². The van der Waals surface area contributed by atoms with Crippen molar-refractivity contribution in [2.24, 2.45) is 5.73 Å². The Hall–Kier alpha value is -1.17. The summed E-state index contributed by atoms with van der Waals surface area (Å²) in [6, 6.07) is 7.60. The van der Waals surface area contributed by atoms with Gasteiger partial charge < -0.3 is 10.5 Å². The third-order valence-corrected chi connectivity index (χ3v) is 4.61. The molecule has 1 aromatic heterocycles. The van der Waals surface area contributed by atoms with E-state index in [1.807, 2.05) is 35.9 Å². The standard InChI is InChI=1S/C14H18ClN3OS/c1-3-18-14(12(19-2)8-17-18)11(16)9-20-13-7-5-4-6-10(13)15/h4-8,11H,3,9,16H2,1-2H3. The molecule has 4 nitrogen and oxygen atoms in total. The highest BCUT2D eigenvalue weighted by molar-refractivity contribution is 7.99. The number of hydrogen-bond donors (Lipinski definition) is 1. The van der Waals surface area contributed by atoms with Gasteiger partial charge in [-0.25, -0.2) is 0 Å². The molecule has 0 saturated carbocycles. The van der Waals surface area contributed by atoms with Crippen LogP contribution >= 0.6 is 23.4 Å². The molecule has 1 aromatic carbocycles. The first-order valence-corrected chi connectivity index (χ1v) is 7.76. The fourth-order valence-corrected chi connectivity index (χ4v) is 3.18. The topological polar surface area (TPSA) is 53.1 Å². The van der Waals surface area contributed by atoms with Gasteiger partial charge in [-0.3, -0.25) is 4.68 Å². The Morgan fingerprint density at radius 2 is 2.20 bits per heavy atom. The summed E-state index contributed by atoms with van der Waals surface area (Å²) in [5.74, 6) is 1.45. The summed E-state index contributed by atoms with van der Waals surface area (Å²) in [6.07, 6.45) is 1.71. The van der Waals surface area contributed by atoms with Crippen LogP contribution in [0.2, 0.25) is 5.02 Å². The van der Waals surface area contributed by atoms with Crippen LogP contribution in [0.3, 0.4) is 0 Å². The molecule has 0 aliphatic carbocycles. The molecule has 20 heavy (non-hydrogen) atoms. The van der Waals surface area contributed by atoms with E-state index in [-0.39, 0.29) is 6.04 Å². The van der Waals surface area contributed by atoms with Crippen LogP contribution in [0.1, 0.15) is 18.7 Å². The maximum Gasteiger partial charge on any atom is 0.161 e. The van der Waals surface area contributed by atoms with E-state index < -0.39 is 0 Å². The molecule has 0 aliphatic rings. The fourth-order valence-electron chi connectivity index (χ4n) is 1.98. The van der Waals surface area contributed by atoms with Crippen molar-refractivity contribution >= 4 is 23.4 Å². The molecule has 1 atom stereocenters. The molecule has 2 N–H and O–H groups in total. The van der Waals surface area contributed by atoms with Gasteiger partial charge in [-0.1, -0.05) is 23.7 Å². The molecule has 6 heteroatoms. The van der Waals surface area contributed by atoms with Gasteiger partial charge in [-0.2, -0.15) is 5.10 Å². The van der Waals surface area contributed by atoms with Crippen molar-refractivity contribution in [3.8, 4) is 5.75 Å². The van der Waals surface area contributed by atoms with Gasteiger partial charge in [-0.05, 0) is 19.1 Å². The number of halogens is 1. The third kappa shape index (κ3) is 3.29. The smallest absolute Gasteiger partial charge is 0.161 e. The second kappa shape index (κ2) is 7.02. The van der Waals surface area contributed by atoms with E-state index in [1.165, 1.54) is 0 Å². The highest BCUT2D eigenvalue weighted by Crippen LogP contribution is 2.31. The van der Waals surface area contributed by atoms with Crippen molar-refractivity contribution < 1.29 is 4.74 Å². The van der Waals surface area contributed by atoms with Crippen molar-refractivity contribution in [1.29, 1.82) is 0 Å². The molecule has 1 heterocycles. The molecule has 0 saturated heterocycles. The van der Waals surface area contributed by atoms with Gasteiger partial charge in [0.05, 0.1) is 30.1 Å². The lowest BCUT2D eigenvalue weighted by Crippen LogP contribution is -2.19. The summed E-state index contributed by atoms with van der Waals surface area (Å²) in [5.41, 5.74) is 7.21. The summed E-state index contributed by atoms with van der Waals surface area (Å²) < 4.78 is 7.20. The summed E-state index contributed by atoms with van der Waals surface area (Å²) >= 11 is 7.78. The first kappa shape index (κ1) is 15.2. The van der Waals surface area contributed by atoms with Gasteiger partial charge >= 0.3 is 0 Å². The normalized spacial score (nSPS) is 12.4. The van der Waals surface area contributed by atoms with Crippen LogP contribution in [0.15, 0.2) is 35.4 Å². The average Bonchev–Trinajstić information content (AvgIpc) is 2.89. The number of thioether (sulfide) groups is 1. The average molecular weight is 312 g/mol. The molecule has 0 radical (unpaired) electrons. The summed E-state index contributed by atoms with van der Waals surface area (Å²) in [6.45, 7) is 2.80. The van der Waals surface area contributed by atoms with Gasteiger partial charge in [0.2, 0.25) is 0 Å². The second-order valence-electron chi connectivity index (χ2n) is 4.26. The van der Waals surface area contributed by atoms with E-state index in [0.29, 0.717) is 5.75 Å². The predicted molar refractivity (Wildman–Crippen MR) is 83.6 cm³/mol. The molecule has 2 rings (SSSR count). The van der Waals surface area contributed by atoms with Crippen molar-refractivity contribution in [3.63, 3.8) is 0 Å². The van der Waals surface area contributed by atoms with Crippen LogP contribution in [-0.4, -0.2) is 22.6 Å². The first-order chi connectivity index (χ1) is 9.67. The van der Waals surface area contributed by atoms with E-state index in [1.54, 1.807) is 25.1 Å². The van der Waals surface area contributed by atoms with Gasteiger partial charge in [0, 0.05) is 17.2 Å². The lowest BCUT2D eigenvalue weighted by Gasteiger charge is -2.15. The highest BCUT2D eigenvalue weighted by atomic mass is 35.5. The number of rotatable bonds is 6. The van der Waals surface area contributed by atoms with Crippen molar-refractivity contribution in [2.45, 2.75) is 24.4 Å². The molecule has 2 aromatic rings. The Morgan fingerprint density at radius 3 is 2.85 bits per heavy atom. The number of nitrogens with two attached hydrogens (primary N) is 1. The fraction of sp³-hybridized carbons (Fsp3) is 0.357. The van der Waals surface area contributed by atoms with Crippen LogP contribution in [0.5, 0.6) is 5.75 Å². The van der Waals surface area contributed by atoms with Gasteiger partial charge in [0.1, 0.15) is 0 Å². The first-order valence-electron chi connectivity index (χ1n) is 6.40. The maximum absolute atomic E-state index is 6.29. The Morgan fingerprint density at radius 1 is 1.45 bits per heavy atom. The molecule has 0 bridgehead atoms. The number of methoxy groups -OCH3 is 1. The van der Waals surface area contributed by atoms with Crippen molar-refractivity contribution in [2.75, 3.05) is 12.9 Å². The lowest BCUT2D eigenvalue weighted by atomic mass is 10.2. The number of aromatic nitrogens is 2. The van der Waals surface area contributed by atoms with E-state index >= 15 is 0 Å². The monoisotopic (exact) mass is 311 g/mol. The summed E-state index contributed by atoms with van der Waals surface area (Å²) in [7, 11) is 1.63. The molecule has 108 valence electrons. The molecule has 0 fully saturated rings. The molecular formula is C14H18ClN3OS. The molecule has 0 spiro atoms. The van der Waals surface area contributed by atoms with E-state index in [9.17, 15) is 0 Å². The minimum absolute atomic E-state index is 0.159. The lowest BCUT2D eigenvalue weighted by molar-refractivity contribution is 0.403. The van der Waals surface area contributed by atoms with Crippen LogP contribution in [0, 0.1) is 0 Å². The van der Waals surface area contributed by atoms with E-state index in [4.69, 9.17) is 22.1 Å². The largest absolute Gasteiger partial charge is 0.493 e. The number of ether oxygens (including phenoxy) is 1. The van der Waals surface area contributed by atoms with E-state index in [0.717, 1.165) is 27.9 Å². The molecular weight excluding hydrogens is 294 g/mol. The van der Waals surface area contributed by atoms with Gasteiger partial charge in [0.15, 0.2) is 5.75 Å². The number of hydrogen-bond acceptors (Lipinski definition) is 4. The van der Waals surface area contributed by atoms with Crippen molar-refractivity contribution in [3.05, 3.63) is 41.2 Å². The van der Waals surface area contributed by atoms with E-state index in [2.05, 4.69) is 5.10 Å². The maximum atomic E-state index is 6.29. The van der Waals surface area contributed by atoms with Crippen LogP contribution in [0.25, 0.3) is 0 Å². The predicted octanol–water partition coefficient (Wildman–Crippen LogP) is 3.36. The Balaban J connectivity index is 2.10. The Kier molecular flexibility index (Phi) is 5.34. The Bertz CT molecular complexity index is 552. The zero-order valence-electron chi connectivity index (χ0n) is 11.5. The van der Waals surface area contributed by atoms with Crippen molar-refractivity contribution in [1.82, 2.24) is 9.78 Å². The quantitative estimate of drug-likeness (QED) is 0.831. The second-order valence-corrected chi connectivity index (χ2v) is 5.73. The SMILES string of the molecule is CCn1ncc(OC)c1C(N)CSc1ccccc1Cl. The Labute approximate surface area is 128 Å². The number of aryl methyl sites for hydroxylation is 1. The summed E-state index contributed by atoms with van der Waals surface area (Å²) in [5, 5.41) is 5.03. The van der Waals surface area contributed by atoms with Crippen LogP contribution < -0.4 is 10.5 Å². The highest BCUT2D eigenvalue weighted by Gasteiger charge is 2.18. The minimum atomic E-state index is -0.159. The van der Waals surface area contributed by atoms with Gasteiger partial charge in [0.25, 0.3) is 0 Å². The zero-order valence-corrected chi connectivity index (χ0v) is 13.1. The third-order valence-electron chi connectivity index (χ3n) is 2.97. The van der Waals surface area contributed by atoms with Gasteiger partial charge in [-0.15, -0.1) is 11.8 Å². The zero-order chi connectivity index (χ0) is 14.5. The number of benzene rings is 1. The van der Waals surface area contributed by atoms with Crippen LogP contribution in [-0.2, 0) is 6.54 Å².